The molecule has 1 aromatic heterocycles. The van der Waals surface area contributed by atoms with Crippen molar-refractivity contribution >= 4 is 18.8 Å². The van der Waals surface area contributed by atoms with Gasteiger partial charge in [-0.1, -0.05) is 13.8 Å². The predicted octanol–water partition coefficient (Wildman–Crippen LogP) is 2.17. The van der Waals surface area contributed by atoms with Crippen LogP contribution in [0.4, 0.5) is 0 Å². The predicted molar refractivity (Wildman–Crippen MR) is 60.5 cm³/mol. The van der Waals surface area contributed by atoms with Crippen LogP contribution in [-0.2, 0) is 0 Å². The van der Waals surface area contributed by atoms with E-state index >= 15 is 0 Å². The van der Waals surface area contributed by atoms with Crippen molar-refractivity contribution in [1.82, 2.24) is 9.55 Å². The molecule has 0 saturated carbocycles. The number of nitrogens with zero attached hydrogens (tertiary/aromatic N) is 2. The van der Waals surface area contributed by atoms with Crippen LogP contribution in [0.3, 0.4) is 0 Å². The molecule has 0 bridgehead atoms. The second-order valence-electron chi connectivity index (χ2n) is 2.39. The lowest BCUT2D eigenvalue weighted by Crippen LogP contribution is -1.94. The van der Waals surface area contributed by atoms with E-state index in [1.54, 1.807) is 6.20 Å². The van der Waals surface area contributed by atoms with Gasteiger partial charge in [0, 0.05) is 12.4 Å². The van der Waals surface area contributed by atoms with Crippen molar-refractivity contribution in [1.29, 1.82) is 0 Å². The molecule has 0 fully saturated rings. The Morgan fingerprint density at radius 3 is 2.38 bits per heavy atom. The molecule has 3 nitrogen and oxygen atoms in total. The van der Waals surface area contributed by atoms with E-state index in [2.05, 4.69) is 17.6 Å². The van der Waals surface area contributed by atoms with Crippen molar-refractivity contribution in [3.05, 3.63) is 22.7 Å². The van der Waals surface area contributed by atoms with E-state index in [4.69, 9.17) is 5.73 Å². The van der Waals surface area contributed by atoms with Crippen LogP contribution >= 0.6 is 12.6 Å². The first-order chi connectivity index (χ1) is 6.09. The summed E-state index contributed by atoms with van der Waals surface area (Å²) >= 11 is 3.96. The molecule has 0 aromatic carbocycles. The van der Waals surface area contributed by atoms with Crippen LogP contribution in [0, 0.1) is 13.8 Å². The molecule has 1 aromatic rings. The van der Waals surface area contributed by atoms with Crippen molar-refractivity contribution in [3.63, 3.8) is 0 Å². The number of hydrogen-bond donors (Lipinski definition) is 2. The lowest BCUT2D eigenvalue weighted by atomic mass is 10.6. The van der Waals surface area contributed by atoms with Gasteiger partial charge in [-0.3, -0.25) is 0 Å². The summed E-state index contributed by atoms with van der Waals surface area (Å²) in [4.78, 5) is 4.19. The maximum absolute atomic E-state index is 5.38. The first-order valence-electron chi connectivity index (χ1n) is 4.28. The number of nitrogens with two attached hydrogens (primary N) is 1. The first-order valence-corrected chi connectivity index (χ1v) is 4.72. The second kappa shape index (κ2) is 5.70. The lowest BCUT2D eigenvalue weighted by Gasteiger charge is -1.95. The normalized spacial score (nSPS) is 10.7. The van der Waals surface area contributed by atoms with Crippen LogP contribution in [-0.4, -0.2) is 9.55 Å². The van der Waals surface area contributed by atoms with E-state index in [1.165, 1.54) is 0 Å². The highest BCUT2D eigenvalue weighted by Gasteiger charge is 1.96. The minimum Gasteiger partial charge on any atom is -0.393 e. The van der Waals surface area contributed by atoms with E-state index < -0.39 is 0 Å². The van der Waals surface area contributed by atoms with E-state index in [0.717, 1.165) is 11.5 Å². The van der Waals surface area contributed by atoms with Gasteiger partial charge in [-0.05, 0) is 13.8 Å². The fourth-order valence-electron chi connectivity index (χ4n) is 0.910. The summed E-state index contributed by atoms with van der Waals surface area (Å²) in [5, 5.41) is 0.477. The van der Waals surface area contributed by atoms with E-state index in [-0.39, 0.29) is 0 Å². The van der Waals surface area contributed by atoms with E-state index in [0.29, 0.717) is 5.03 Å². The van der Waals surface area contributed by atoms with Gasteiger partial charge in [0.2, 0.25) is 0 Å². The summed E-state index contributed by atoms with van der Waals surface area (Å²) in [6, 6.07) is 0. The van der Waals surface area contributed by atoms with Gasteiger partial charge in [-0.15, -0.1) is 12.6 Å². The Kier molecular flexibility index (Phi) is 5.30. The molecule has 0 saturated heterocycles. The molecule has 74 valence electrons. The molecule has 1 heterocycles. The summed E-state index contributed by atoms with van der Waals surface area (Å²) in [7, 11) is 0. The van der Waals surface area contributed by atoms with Gasteiger partial charge < -0.3 is 10.3 Å². The Bertz CT molecular complexity index is 285. The molecule has 0 aliphatic heterocycles. The minimum absolute atomic E-state index is 0.477. The fraction of sp³-hybridized carbons (Fsp3) is 0.444. The van der Waals surface area contributed by atoms with E-state index in [1.807, 2.05) is 38.5 Å². The largest absolute Gasteiger partial charge is 0.393 e. The fourth-order valence-corrected chi connectivity index (χ4v) is 1.03. The number of thiol groups is 1. The Labute approximate surface area is 85.1 Å². The maximum atomic E-state index is 5.38. The van der Waals surface area contributed by atoms with Crippen LogP contribution < -0.4 is 5.73 Å². The third-order valence-corrected chi connectivity index (χ3v) is 1.42. The van der Waals surface area contributed by atoms with Crippen LogP contribution in [0.1, 0.15) is 25.4 Å². The van der Waals surface area contributed by atoms with E-state index in [9.17, 15) is 0 Å². The summed E-state index contributed by atoms with van der Waals surface area (Å²) < 4.78 is 1.84. The van der Waals surface area contributed by atoms with Crippen LogP contribution in [0.2, 0.25) is 0 Å². The molecule has 0 aliphatic rings. The average molecular weight is 199 g/mol. The summed E-state index contributed by atoms with van der Waals surface area (Å²) in [5.41, 5.74) is 6.36. The summed E-state index contributed by atoms with van der Waals surface area (Å²) in [6.45, 7) is 7.85. The molecule has 0 radical (unpaired) electrons. The lowest BCUT2D eigenvalue weighted by molar-refractivity contribution is 1.02. The third kappa shape index (κ3) is 4.03. The molecule has 0 atom stereocenters. The first kappa shape index (κ1) is 12.1. The zero-order chi connectivity index (χ0) is 10.4. The SMILES string of the molecule is CC.Cc1cn(/C=C(\N)S)c(C)n1. The quantitative estimate of drug-likeness (QED) is 0.681. The standard InChI is InChI=1S/C7H11N3S.C2H6/c1-5-3-10(4-7(8)11)6(2)9-5;1-2/h3-4,11H,8H2,1-2H3;1-2H3/b7-4+;. The molecule has 4 heteroatoms. The van der Waals surface area contributed by atoms with Crippen LogP contribution in [0.25, 0.3) is 6.20 Å². The van der Waals surface area contributed by atoms with Gasteiger partial charge in [0.05, 0.1) is 10.7 Å². The number of aromatic nitrogens is 2. The van der Waals surface area contributed by atoms with Crippen molar-refractivity contribution in [2.45, 2.75) is 27.7 Å². The van der Waals surface area contributed by atoms with Crippen LogP contribution in [0.15, 0.2) is 11.2 Å². The number of imidazole rings is 1. The number of aryl methyl sites for hydroxylation is 2. The summed E-state index contributed by atoms with van der Waals surface area (Å²) in [6.07, 6.45) is 3.62. The smallest absolute Gasteiger partial charge is 0.109 e. The van der Waals surface area contributed by atoms with Gasteiger partial charge in [0.1, 0.15) is 5.82 Å². The molecule has 0 amide bonds. The van der Waals surface area contributed by atoms with Crippen LogP contribution in [0.5, 0.6) is 0 Å². The Balaban J connectivity index is 0.000000671. The van der Waals surface area contributed by atoms with Gasteiger partial charge in [-0.25, -0.2) is 4.98 Å². The molecule has 2 N–H and O–H groups in total. The molecule has 13 heavy (non-hydrogen) atoms. The Morgan fingerprint density at radius 2 is 2.08 bits per heavy atom. The maximum Gasteiger partial charge on any atom is 0.109 e. The molecular weight excluding hydrogens is 182 g/mol. The second-order valence-corrected chi connectivity index (χ2v) is 2.91. The van der Waals surface area contributed by atoms with Crippen molar-refractivity contribution in [2.24, 2.45) is 5.73 Å². The zero-order valence-corrected chi connectivity index (χ0v) is 9.47. The third-order valence-electron chi connectivity index (χ3n) is 1.31. The van der Waals surface area contributed by atoms with Gasteiger partial charge >= 0.3 is 0 Å². The highest BCUT2D eigenvalue weighted by atomic mass is 32.1. The molecule has 0 aliphatic carbocycles. The van der Waals surface area contributed by atoms with Crippen molar-refractivity contribution < 1.29 is 0 Å². The molecule has 0 spiro atoms. The molecule has 0 unspecified atom stereocenters. The number of hydrogen-bond acceptors (Lipinski definition) is 3. The topological polar surface area (TPSA) is 43.8 Å². The zero-order valence-electron chi connectivity index (χ0n) is 8.57. The summed E-state index contributed by atoms with van der Waals surface area (Å²) in [5.74, 6) is 0.916. The highest BCUT2D eigenvalue weighted by Crippen LogP contribution is 2.03. The Hall–Kier alpha value is -0.900. The Morgan fingerprint density at radius 1 is 1.54 bits per heavy atom. The van der Waals surface area contributed by atoms with Gasteiger partial charge in [0.15, 0.2) is 0 Å². The van der Waals surface area contributed by atoms with Gasteiger partial charge in [-0.2, -0.15) is 0 Å². The molecular formula is C9H17N3S. The monoisotopic (exact) mass is 199 g/mol. The molecule has 1 rings (SSSR count). The average Bonchev–Trinajstić information content (AvgIpc) is 2.33. The highest BCUT2D eigenvalue weighted by molar-refractivity contribution is 7.84. The van der Waals surface area contributed by atoms with Crippen molar-refractivity contribution in [2.75, 3.05) is 0 Å². The number of rotatable bonds is 1. The van der Waals surface area contributed by atoms with Gasteiger partial charge in [0.25, 0.3) is 0 Å². The minimum atomic E-state index is 0.477. The van der Waals surface area contributed by atoms with Crippen molar-refractivity contribution in [3.8, 4) is 0 Å².